The highest BCUT2D eigenvalue weighted by Crippen LogP contribution is 2.49. The summed E-state index contributed by atoms with van der Waals surface area (Å²) >= 11 is 5.97. The number of carbonyl (C=O) groups is 3. The molecule has 5 rings (SSSR count). The van der Waals surface area contributed by atoms with E-state index in [0.717, 1.165) is 4.90 Å². The molecule has 0 aromatic heterocycles. The van der Waals surface area contributed by atoms with Gasteiger partial charge in [0.15, 0.2) is 0 Å². The first-order chi connectivity index (χ1) is 18.3. The molecule has 4 aliphatic rings. The number of nitrogens with one attached hydrogen (secondary N) is 3. The number of amides is 3. The first kappa shape index (κ1) is 29.2. The highest BCUT2D eigenvalue weighted by Gasteiger charge is 2.60. The summed E-state index contributed by atoms with van der Waals surface area (Å²) in [5, 5.41) is 6.88. The van der Waals surface area contributed by atoms with Gasteiger partial charge in [0.25, 0.3) is 5.92 Å². The molecule has 3 N–H and O–H groups in total. The minimum atomic E-state index is -4.25. The third-order valence-electron chi connectivity index (χ3n) is 7.48. The standard InChI is InChI=1S/C25H30ClF3N4O5S/c1-39(37,38)20(27)11-17(9-14-7-8-30-23(14)35)32-24(36)22-19-6-5-18(12-25(19,28)29)33(22)21(34)13-31-16-4-2-3-15(26)10-16/h2-4,10-11,14,17-19,22,31H,5-9,12-13H2,1H3,(H,30,35)(H,32,36)/b20-11-/t14-,17-,18+,19+,22-/m0/s1. The topological polar surface area (TPSA) is 125 Å². The van der Waals surface area contributed by atoms with Crippen molar-refractivity contribution < 1.29 is 36.0 Å². The first-order valence-electron chi connectivity index (χ1n) is 12.6. The van der Waals surface area contributed by atoms with Gasteiger partial charge in [0.2, 0.25) is 32.7 Å². The maximum absolute atomic E-state index is 15.0. The molecule has 9 nitrogen and oxygen atoms in total. The third-order valence-corrected chi connectivity index (χ3v) is 8.56. The van der Waals surface area contributed by atoms with Gasteiger partial charge in [-0.05, 0) is 50.0 Å². The number of piperidine rings is 2. The number of carbonyl (C=O) groups excluding carboxylic acids is 3. The predicted octanol–water partition coefficient (Wildman–Crippen LogP) is 2.63. The van der Waals surface area contributed by atoms with Crippen LogP contribution < -0.4 is 16.0 Å². The number of fused-ring (bicyclic) bond motifs is 3. The second-order valence-corrected chi connectivity index (χ2v) is 12.7. The zero-order valence-electron chi connectivity index (χ0n) is 21.1. The van der Waals surface area contributed by atoms with Crippen LogP contribution in [0, 0.1) is 11.8 Å². The number of sulfone groups is 1. The molecule has 39 heavy (non-hydrogen) atoms. The van der Waals surface area contributed by atoms with Crippen LogP contribution in [0.1, 0.15) is 32.1 Å². The van der Waals surface area contributed by atoms with Gasteiger partial charge in [-0.1, -0.05) is 17.7 Å². The fourth-order valence-corrected chi connectivity index (χ4v) is 6.23. The van der Waals surface area contributed by atoms with E-state index >= 15 is 0 Å². The van der Waals surface area contributed by atoms with Crippen LogP contribution in [0.4, 0.5) is 18.9 Å². The van der Waals surface area contributed by atoms with Gasteiger partial charge in [0.05, 0.1) is 18.5 Å². The van der Waals surface area contributed by atoms with E-state index in [1.54, 1.807) is 24.3 Å². The van der Waals surface area contributed by atoms with Gasteiger partial charge < -0.3 is 20.9 Å². The molecule has 2 bridgehead atoms. The molecule has 3 aliphatic heterocycles. The Morgan fingerprint density at radius 1 is 1.28 bits per heavy atom. The van der Waals surface area contributed by atoms with Crippen molar-refractivity contribution in [3.05, 3.63) is 40.5 Å². The van der Waals surface area contributed by atoms with Gasteiger partial charge in [0, 0.05) is 41.9 Å². The molecule has 1 saturated carbocycles. The lowest BCUT2D eigenvalue weighted by Gasteiger charge is -2.53. The fraction of sp³-hybridized carbons (Fsp3) is 0.560. The third kappa shape index (κ3) is 6.68. The van der Waals surface area contributed by atoms with Crippen LogP contribution in [-0.4, -0.2) is 74.4 Å². The minimum Gasteiger partial charge on any atom is -0.376 e. The summed E-state index contributed by atoms with van der Waals surface area (Å²) in [5.41, 5.74) is 0.528. The Bertz CT molecular complexity index is 1280. The number of benzene rings is 1. The molecule has 3 amide bonds. The van der Waals surface area contributed by atoms with Crippen LogP contribution in [0.5, 0.6) is 0 Å². The molecule has 0 radical (unpaired) electrons. The van der Waals surface area contributed by atoms with Crippen molar-refractivity contribution in [2.75, 3.05) is 24.7 Å². The highest BCUT2D eigenvalue weighted by molar-refractivity contribution is 7.94. The SMILES string of the molecule is CS(=O)(=O)/C(F)=C\[C@H](C[C@@H]1CCNC1=O)NC(=O)[C@@H]1[C@H]2CC[C@H](CC2(F)F)N1C(=O)CNc1cccc(Cl)c1. The average molecular weight is 591 g/mol. The summed E-state index contributed by atoms with van der Waals surface area (Å²) in [6.45, 7) is 0.0795. The number of alkyl halides is 2. The summed E-state index contributed by atoms with van der Waals surface area (Å²) in [4.78, 5) is 40.1. The summed E-state index contributed by atoms with van der Waals surface area (Å²) in [6.07, 6.45) is 1.27. The first-order valence-corrected chi connectivity index (χ1v) is 14.9. The smallest absolute Gasteiger partial charge is 0.255 e. The Kier molecular flexibility index (Phi) is 8.50. The highest BCUT2D eigenvalue weighted by atomic mass is 35.5. The summed E-state index contributed by atoms with van der Waals surface area (Å²) in [6, 6.07) is 2.84. The van der Waals surface area contributed by atoms with E-state index in [9.17, 15) is 36.0 Å². The summed E-state index contributed by atoms with van der Waals surface area (Å²) in [5.74, 6) is -7.20. The monoisotopic (exact) mass is 590 g/mol. The molecule has 14 heteroatoms. The van der Waals surface area contributed by atoms with Crippen molar-refractivity contribution in [2.24, 2.45) is 11.8 Å². The van der Waals surface area contributed by atoms with Crippen molar-refractivity contribution >= 4 is 44.8 Å². The van der Waals surface area contributed by atoms with Gasteiger partial charge >= 0.3 is 0 Å². The molecule has 1 aromatic rings. The van der Waals surface area contributed by atoms with Crippen LogP contribution in [0.3, 0.4) is 0 Å². The molecule has 5 atom stereocenters. The van der Waals surface area contributed by atoms with E-state index in [-0.39, 0.29) is 25.3 Å². The van der Waals surface area contributed by atoms with E-state index in [1.165, 1.54) is 0 Å². The average Bonchev–Trinajstić information content (AvgIpc) is 3.25. The Labute approximate surface area is 229 Å². The van der Waals surface area contributed by atoms with Gasteiger partial charge in [0.1, 0.15) is 6.04 Å². The quantitative estimate of drug-likeness (QED) is 0.406. The van der Waals surface area contributed by atoms with Crippen LogP contribution in [-0.2, 0) is 24.2 Å². The summed E-state index contributed by atoms with van der Waals surface area (Å²) < 4.78 is 67.7. The van der Waals surface area contributed by atoms with Gasteiger partial charge in [-0.2, -0.15) is 4.39 Å². The second kappa shape index (κ2) is 11.4. The van der Waals surface area contributed by atoms with Crippen LogP contribution >= 0.6 is 11.6 Å². The summed E-state index contributed by atoms with van der Waals surface area (Å²) in [7, 11) is -4.25. The molecule has 4 fully saturated rings. The zero-order valence-corrected chi connectivity index (χ0v) is 22.7. The predicted molar refractivity (Wildman–Crippen MR) is 138 cm³/mol. The van der Waals surface area contributed by atoms with Gasteiger partial charge in [-0.3, -0.25) is 14.4 Å². The molecule has 1 aliphatic carbocycles. The Morgan fingerprint density at radius 3 is 2.64 bits per heavy atom. The lowest BCUT2D eigenvalue weighted by Crippen LogP contribution is -2.69. The zero-order chi connectivity index (χ0) is 28.5. The normalized spacial score (nSPS) is 27.2. The molecular formula is C25H30ClF3N4O5S. The van der Waals surface area contributed by atoms with Crippen LogP contribution in [0.15, 0.2) is 35.5 Å². The van der Waals surface area contributed by atoms with Crippen molar-refractivity contribution in [1.82, 2.24) is 15.5 Å². The molecule has 0 spiro atoms. The minimum absolute atomic E-state index is 0.00446. The van der Waals surface area contributed by atoms with Crippen molar-refractivity contribution in [3.8, 4) is 0 Å². The van der Waals surface area contributed by atoms with E-state index < -0.39 is 69.1 Å². The van der Waals surface area contributed by atoms with E-state index in [0.29, 0.717) is 42.4 Å². The second-order valence-electron chi connectivity index (χ2n) is 10.3. The van der Waals surface area contributed by atoms with E-state index in [4.69, 9.17) is 11.6 Å². The molecule has 214 valence electrons. The molecule has 3 saturated heterocycles. The van der Waals surface area contributed by atoms with Crippen molar-refractivity contribution in [3.63, 3.8) is 0 Å². The van der Waals surface area contributed by atoms with E-state index in [2.05, 4.69) is 16.0 Å². The molecule has 1 aromatic carbocycles. The van der Waals surface area contributed by atoms with Crippen LogP contribution in [0.2, 0.25) is 5.02 Å². The number of rotatable bonds is 9. The fourth-order valence-electron chi connectivity index (χ4n) is 5.63. The molecular weight excluding hydrogens is 561 g/mol. The number of halogens is 4. The molecule has 0 unspecified atom stereocenters. The number of nitrogens with zero attached hydrogens (tertiary/aromatic N) is 1. The Morgan fingerprint density at radius 2 is 2.03 bits per heavy atom. The van der Waals surface area contributed by atoms with Crippen LogP contribution in [0.25, 0.3) is 0 Å². The van der Waals surface area contributed by atoms with E-state index in [1.807, 2.05) is 0 Å². The number of anilines is 1. The maximum atomic E-state index is 15.0. The van der Waals surface area contributed by atoms with Gasteiger partial charge in [-0.25, -0.2) is 17.2 Å². The number of hydrogen-bond acceptors (Lipinski definition) is 6. The van der Waals surface area contributed by atoms with Gasteiger partial charge in [-0.15, -0.1) is 0 Å². The lowest BCUT2D eigenvalue weighted by molar-refractivity contribution is -0.193. The number of hydrogen-bond donors (Lipinski definition) is 3. The van der Waals surface area contributed by atoms with Crippen molar-refractivity contribution in [2.45, 2.75) is 56.2 Å². The Balaban J connectivity index is 1.58. The maximum Gasteiger partial charge on any atom is 0.255 e. The Hall–Kier alpha value is -2.80. The van der Waals surface area contributed by atoms with Crippen molar-refractivity contribution in [1.29, 1.82) is 0 Å². The lowest BCUT2D eigenvalue weighted by atomic mass is 9.71. The molecule has 3 heterocycles. The largest absolute Gasteiger partial charge is 0.376 e.